The molecular weight excluding hydrogens is 264 g/mol. The van der Waals surface area contributed by atoms with Crippen molar-refractivity contribution >= 4 is 0 Å². The van der Waals surface area contributed by atoms with Crippen molar-refractivity contribution in [2.24, 2.45) is 17.3 Å². The Labute approximate surface area is 139 Å². The molecule has 0 aliphatic rings. The van der Waals surface area contributed by atoms with Gasteiger partial charge < -0.3 is 0 Å². The zero-order valence-electron chi connectivity index (χ0n) is 16.1. The van der Waals surface area contributed by atoms with Gasteiger partial charge in [0.25, 0.3) is 0 Å². The van der Waals surface area contributed by atoms with Gasteiger partial charge in [0.15, 0.2) is 0 Å². The Balaban J connectivity index is 2.75. The highest BCUT2D eigenvalue weighted by Crippen LogP contribution is 2.32. The van der Waals surface area contributed by atoms with Crippen molar-refractivity contribution in [2.75, 3.05) is 0 Å². The molecule has 2 unspecified atom stereocenters. The van der Waals surface area contributed by atoms with E-state index in [-0.39, 0.29) is 0 Å². The molecule has 2 atom stereocenters. The molecule has 1 rings (SSSR count). The summed E-state index contributed by atoms with van der Waals surface area (Å²) >= 11 is 0. The van der Waals surface area contributed by atoms with E-state index in [1.165, 1.54) is 43.2 Å². The fourth-order valence-electron chi connectivity index (χ4n) is 3.36. The van der Waals surface area contributed by atoms with E-state index >= 15 is 0 Å². The SMILES string of the molecule is CCCCCC(C)(C)Cc1cccc(C(C)C(C)C(C)C)c1. The Bertz CT molecular complexity index is 427. The van der Waals surface area contributed by atoms with Crippen molar-refractivity contribution < 1.29 is 0 Å². The summed E-state index contributed by atoms with van der Waals surface area (Å²) in [6.45, 7) is 16.6. The zero-order valence-corrected chi connectivity index (χ0v) is 16.1. The van der Waals surface area contributed by atoms with Crippen LogP contribution in [0.5, 0.6) is 0 Å². The third kappa shape index (κ3) is 6.15. The van der Waals surface area contributed by atoms with Crippen LogP contribution in [-0.2, 0) is 6.42 Å². The van der Waals surface area contributed by atoms with Gasteiger partial charge in [-0.25, -0.2) is 0 Å². The van der Waals surface area contributed by atoms with Gasteiger partial charge in [0.05, 0.1) is 0 Å². The van der Waals surface area contributed by atoms with Crippen molar-refractivity contribution in [3.05, 3.63) is 35.4 Å². The third-order valence-corrected chi connectivity index (χ3v) is 5.46. The fraction of sp³-hybridized carbons (Fsp3) is 0.727. The molecule has 0 N–H and O–H groups in total. The molecule has 0 amide bonds. The van der Waals surface area contributed by atoms with Crippen LogP contribution in [0.1, 0.15) is 91.2 Å². The van der Waals surface area contributed by atoms with Crippen LogP contribution >= 0.6 is 0 Å². The first-order valence-electron chi connectivity index (χ1n) is 9.35. The molecule has 0 spiro atoms. The third-order valence-electron chi connectivity index (χ3n) is 5.46. The summed E-state index contributed by atoms with van der Waals surface area (Å²) in [5.74, 6) is 2.11. The second kappa shape index (κ2) is 8.75. The van der Waals surface area contributed by atoms with E-state index in [2.05, 4.69) is 72.7 Å². The smallest absolute Gasteiger partial charge is 0.0162 e. The van der Waals surface area contributed by atoms with Crippen LogP contribution in [0.15, 0.2) is 24.3 Å². The molecule has 22 heavy (non-hydrogen) atoms. The fourth-order valence-corrected chi connectivity index (χ4v) is 3.36. The molecule has 0 nitrogen and oxygen atoms in total. The lowest BCUT2D eigenvalue weighted by molar-refractivity contribution is 0.318. The quantitative estimate of drug-likeness (QED) is 0.422. The average Bonchev–Trinajstić information content (AvgIpc) is 2.45. The van der Waals surface area contributed by atoms with Gasteiger partial charge in [0.2, 0.25) is 0 Å². The molecular formula is C22H38. The zero-order chi connectivity index (χ0) is 16.8. The van der Waals surface area contributed by atoms with Crippen LogP contribution in [0, 0.1) is 17.3 Å². The maximum Gasteiger partial charge on any atom is -0.0162 e. The van der Waals surface area contributed by atoms with Crippen LogP contribution in [0.3, 0.4) is 0 Å². The van der Waals surface area contributed by atoms with E-state index in [9.17, 15) is 0 Å². The number of hydrogen-bond donors (Lipinski definition) is 0. The average molecular weight is 303 g/mol. The lowest BCUT2D eigenvalue weighted by Gasteiger charge is -2.27. The molecule has 0 radical (unpaired) electrons. The first kappa shape index (κ1) is 19.3. The van der Waals surface area contributed by atoms with Gasteiger partial charge in [-0.15, -0.1) is 0 Å². The Morgan fingerprint density at radius 3 is 2.27 bits per heavy atom. The van der Waals surface area contributed by atoms with Crippen molar-refractivity contribution in [3.8, 4) is 0 Å². The molecule has 0 heteroatoms. The maximum atomic E-state index is 2.46. The topological polar surface area (TPSA) is 0 Å². The largest absolute Gasteiger partial charge is 0.0654 e. The minimum absolute atomic E-state index is 0.417. The predicted octanol–water partition coefficient (Wildman–Crippen LogP) is 7.23. The number of hydrogen-bond acceptors (Lipinski definition) is 0. The van der Waals surface area contributed by atoms with Crippen LogP contribution < -0.4 is 0 Å². The van der Waals surface area contributed by atoms with Crippen LogP contribution in [0.4, 0.5) is 0 Å². The highest BCUT2D eigenvalue weighted by Gasteiger charge is 2.20. The molecule has 1 aromatic rings. The first-order valence-corrected chi connectivity index (χ1v) is 9.35. The number of unbranched alkanes of at least 4 members (excludes halogenated alkanes) is 2. The predicted molar refractivity (Wildman–Crippen MR) is 100 cm³/mol. The van der Waals surface area contributed by atoms with Crippen LogP contribution in [0.25, 0.3) is 0 Å². The summed E-state index contributed by atoms with van der Waals surface area (Å²) in [5.41, 5.74) is 3.45. The molecule has 0 aliphatic heterocycles. The van der Waals surface area contributed by atoms with E-state index in [0.29, 0.717) is 11.3 Å². The van der Waals surface area contributed by atoms with E-state index in [1.807, 2.05) is 0 Å². The van der Waals surface area contributed by atoms with Crippen molar-refractivity contribution in [1.82, 2.24) is 0 Å². The Hall–Kier alpha value is -0.780. The molecule has 0 aromatic heterocycles. The summed E-state index contributed by atoms with van der Waals surface area (Å²) in [4.78, 5) is 0. The summed E-state index contributed by atoms with van der Waals surface area (Å²) in [7, 11) is 0. The number of benzene rings is 1. The first-order chi connectivity index (χ1) is 10.3. The standard InChI is InChI=1S/C22H38/c1-8-9-10-14-22(6,7)16-20-12-11-13-21(15-20)19(5)18(4)17(2)3/h11-13,15,17-19H,8-10,14,16H2,1-7H3. The summed E-state index contributed by atoms with van der Waals surface area (Å²) in [6, 6.07) is 9.36. The van der Waals surface area contributed by atoms with E-state index in [4.69, 9.17) is 0 Å². The molecule has 0 saturated carbocycles. The summed E-state index contributed by atoms with van der Waals surface area (Å²) < 4.78 is 0. The van der Waals surface area contributed by atoms with Gasteiger partial charge in [-0.3, -0.25) is 0 Å². The lowest BCUT2D eigenvalue weighted by Crippen LogP contribution is -2.16. The van der Waals surface area contributed by atoms with Gasteiger partial charge in [-0.2, -0.15) is 0 Å². The molecule has 0 saturated heterocycles. The van der Waals surface area contributed by atoms with Crippen molar-refractivity contribution in [2.45, 2.75) is 86.5 Å². The van der Waals surface area contributed by atoms with Gasteiger partial charge in [-0.1, -0.05) is 92.0 Å². The minimum Gasteiger partial charge on any atom is -0.0654 e. The second-order valence-corrected chi connectivity index (χ2v) is 8.43. The van der Waals surface area contributed by atoms with E-state index in [1.54, 1.807) is 0 Å². The highest BCUT2D eigenvalue weighted by molar-refractivity contribution is 5.27. The maximum absolute atomic E-state index is 2.46. The van der Waals surface area contributed by atoms with Gasteiger partial charge >= 0.3 is 0 Å². The Morgan fingerprint density at radius 1 is 1.00 bits per heavy atom. The molecule has 0 heterocycles. The normalized spacial score (nSPS) is 15.1. The summed E-state index contributed by atoms with van der Waals surface area (Å²) in [6.07, 6.45) is 6.59. The second-order valence-electron chi connectivity index (χ2n) is 8.43. The lowest BCUT2D eigenvalue weighted by atomic mass is 9.78. The minimum atomic E-state index is 0.417. The monoisotopic (exact) mass is 302 g/mol. The Morgan fingerprint density at radius 2 is 1.68 bits per heavy atom. The van der Waals surface area contributed by atoms with Crippen LogP contribution in [-0.4, -0.2) is 0 Å². The van der Waals surface area contributed by atoms with Gasteiger partial charge in [-0.05, 0) is 47.1 Å². The highest BCUT2D eigenvalue weighted by atomic mass is 14.3. The van der Waals surface area contributed by atoms with Crippen LogP contribution in [0.2, 0.25) is 0 Å². The van der Waals surface area contributed by atoms with E-state index < -0.39 is 0 Å². The molecule has 1 aromatic carbocycles. The molecule has 0 fully saturated rings. The Kier molecular flexibility index (Phi) is 7.66. The molecule has 126 valence electrons. The summed E-state index contributed by atoms with van der Waals surface area (Å²) in [5, 5.41) is 0. The van der Waals surface area contributed by atoms with Gasteiger partial charge in [0, 0.05) is 0 Å². The molecule has 0 bridgehead atoms. The number of rotatable bonds is 9. The van der Waals surface area contributed by atoms with Gasteiger partial charge in [0.1, 0.15) is 0 Å². The van der Waals surface area contributed by atoms with Crippen molar-refractivity contribution in [3.63, 3.8) is 0 Å². The van der Waals surface area contributed by atoms with E-state index in [0.717, 1.165) is 11.8 Å². The van der Waals surface area contributed by atoms with Crippen molar-refractivity contribution in [1.29, 1.82) is 0 Å². The molecule has 0 aliphatic carbocycles.